The Morgan fingerprint density at radius 2 is 1.66 bits per heavy atom. The highest BCUT2D eigenvalue weighted by molar-refractivity contribution is 7.89. The van der Waals surface area contributed by atoms with E-state index in [0.717, 1.165) is 0 Å². The highest BCUT2D eigenvalue weighted by Gasteiger charge is 2.26. The SMILES string of the molecule is CC(OC(=O)c1ccc(S(=O)(=O)N2CCOCC2)cc1)C(=O)Nc1ccccc1. The molecule has 1 amide bonds. The van der Waals surface area contributed by atoms with Crippen LogP contribution in [0.15, 0.2) is 59.5 Å². The molecule has 0 aliphatic carbocycles. The van der Waals surface area contributed by atoms with Crippen molar-refractivity contribution in [2.75, 3.05) is 31.6 Å². The molecule has 3 rings (SSSR count). The summed E-state index contributed by atoms with van der Waals surface area (Å²) in [5, 5.41) is 2.65. The molecule has 9 heteroatoms. The summed E-state index contributed by atoms with van der Waals surface area (Å²) in [7, 11) is -3.64. The lowest BCUT2D eigenvalue weighted by Gasteiger charge is -2.26. The maximum absolute atomic E-state index is 12.6. The van der Waals surface area contributed by atoms with Crippen molar-refractivity contribution in [3.05, 3.63) is 60.2 Å². The average Bonchev–Trinajstić information content (AvgIpc) is 2.75. The molecule has 1 unspecified atom stereocenters. The Kier molecular flexibility index (Phi) is 6.63. The van der Waals surface area contributed by atoms with Crippen LogP contribution in [0.1, 0.15) is 17.3 Å². The summed E-state index contributed by atoms with van der Waals surface area (Å²) in [6, 6.07) is 14.3. The van der Waals surface area contributed by atoms with Gasteiger partial charge in [0.2, 0.25) is 10.0 Å². The van der Waals surface area contributed by atoms with Crippen LogP contribution in [0.3, 0.4) is 0 Å². The minimum atomic E-state index is -3.64. The maximum Gasteiger partial charge on any atom is 0.338 e. The van der Waals surface area contributed by atoms with E-state index in [9.17, 15) is 18.0 Å². The van der Waals surface area contributed by atoms with Gasteiger partial charge in [-0.3, -0.25) is 4.79 Å². The molecule has 1 fully saturated rings. The van der Waals surface area contributed by atoms with E-state index in [1.165, 1.54) is 35.5 Å². The van der Waals surface area contributed by atoms with Crippen molar-refractivity contribution < 1.29 is 27.5 Å². The fourth-order valence-electron chi connectivity index (χ4n) is 2.75. The molecule has 0 spiro atoms. The Morgan fingerprint density at radius 3 is 2.28 bits per heavy atom. The van der Waals surface area contributed by atoms with Gasteiger partial charge in [0.1, 0.15) is 0 Å². The van der Waals surface area contributed by atoms with Gasteiger partial charge in [0.05, 0.1) is 23.7 Å². The Morgan fingerprint density at radius 1 is 1.03 bits per heavy atom. The summed E-state index contributed by atoms with van der Waals surface area (Å²) in [5.41, 5.74) is 0.753. The number of esters is 1. The van der Waals surface area contributed by atoms with Gasteiger partial charge in [-0.05, 0) is 43.3 Å². The first-order valence-corrected chi connectivity index (χ1v) is 10.6. The predicted molar refractivity (Wildman–Crippen MR) is 106 cm³/mol. The van der Waals surface area contributed by atoms with Crippen LogP contribution >= 0.6 is 0 Å². The molecule has 29 heavy (non-hydrogen) atoms. The van der Waals surface area contributed by atoms with E-state index in [2.05, 4.69) is 5.32 Å². The molecule has 1 aliphatic rings. The van der Waals surface area contributed by atoms with Crippen molar-refractivity contribution in [3.8, 4) is 0 Å². The van der Waals surface area contributed by atoms with Crippen LogP contribution in [-0.4, -0.2) is 57.0 Å². The normalized spacial score (nSPS) is 16.0. The molecule has 8 nitrogen and oxygen atoms in total. The molecule has 1 atom stereocenters. The number of benzene rings is 2. The number of ether oxygens (including phenoxy) is 2. The van der Waals surface area contributed by atoms with E-state index in [1.807, 2.05) is 6.07 Å². The number of sulfonamides is 1. The van der Waals surface area contributed by atoms with Crippen molar-refractivity contribution in [1.82, 2.24) is 4.31 Å². The molecule has 2 aromatic carbocycles. The van der Waals surface area contributed by atoms with E-state index in [-0.39, 0.29) is 10.5 Å². The zero-order chi connectivity index (χ0) is 20.9. The van der Waals surface area contributed by atoms with Crippen molar-refractivity contribution in [1.29, 1.82) is 0 Å². The molecule has 1 N–H and O–H groups in total. The Balaban J connectivity index is 1.62. The third-order valence-corrected chi connectivity index (χ3v) is 6.31. The first-order valence-electron chi connectivity index (χ1n) is 9.13. The molecule has 0 saturated carbocycles. The van der Waals surface area contributed by atoms with E-state index in [0.29, 0.717) is 32.0 Å². The van der Waals surface area contributed by atoms with Gasteiger partial charge < -0.3 is 14.8 Å². The van der Waals surface area contributed by atoms with Crippen LogP contribution in [0.2, 0.25) is 0 Å². The summed E-state index contributed by atoms with van der Waals surface area (Å²) in [6.07, 6.45) is -1.01. The highest BCUT2D eigenvalue weighted by atomic mass is 32.2. The Labute approximate surface area is 169 Å². The molecule has 0 bridgehead atoms. The van der Waals surface area contributed by atoms with E-state index in [1.54, 1.807) is 24.3 Å². The summed E-state index contributed by atoms with van der Waals surface area (Å²) in [5.74, 6) is -1.17. The number of nitrogens with zero attached hydrogens (tertiary/aromatic N) is 1. The predicted octanol–water partition coefficient (Wildman–Crippen LogP) is 1.89. The Hall–Kier alpha value is -2.75. The molecular formula is C20H22N2O6S. The topological polar surface area (TPSA) is 102 Å². The molecule has 0 radical (unpaired) electrons. The van der Waals surface area contributed by atoms with Crippen LogP contribution in [0, 0.1) is 0 Å². The zero-order valence-electron chi connectivity index (χ0n) is 15.9. The number of morpholine rings is 1. The summed E-state index contributed by atoms with van der Waals surface area (Å²) in [6.45, 7) is 2.76. The fraction of sp³-hybridized carbons (Fsp3) is 0.300. The molecule has 1 saturated heterocycles. The second kappa shape index (κ2) is 9.17. The number of anilines is 1. The first-order chi connectivity index (χ1) is 13.9. The number of amides is 1. The number of rotatable bonds is 6. The van der Waals surface area contributed by atoms with Gasteiger partial charge in [-0.25, -0.2) is 13.2 Å². The van der Waals surface area contributed by atoms with Gasteiger partial charge in [0, 0.05) is 18.8 Å². The van der Waals surface area contributed by atoms with Crippen molar-refractivity contribution >= 4 is 27.6 Å². The summed E-state index contributed by atoms with van der Waals surface area (Å²) < 4.78 is 36.9. The fourth-order valence-corrected chi connectivity index (χ4v) is 4.15. The number of nitrogens with one attached hydrogen (secondary N) is 1. The van der Waals surface area contributed by atoms with E-state index >= 15 is 0 Å². The largest absolute Gasteiger partial charge is 0.449 e. The molecule has 154 valence electrons. The third-order valence-electron chi connectivity index (χ3n) is 4.39. The van der Waals surface area contributed by atoms with Gasteiger partial charge in [0.15, 0.2) is 6.10 Å². The molecule has 1 aliphatic heterocycles. The number of hydrogen-bond acceptors (Lipinski definition) is 6. The second-order valence-electron chi connectivity index (χ2n) is 6.44. The van der Waals surface area contributed by atoms with Gasteiger partial charge in [0.25, 0.3) is 5.91 Å². The van der Waals surface area contributed by atoms with Crippen LogP contribution in [0.25, 0.3) is 0 Å². The highest BCUT2D eigenvalue weighted by Crippen LogP contribution is 2.18. The summed E-state index contributed by atoms with van der Waals surface area (Å²) in [4.78, 5) is 24.5. The monoisotopic (exact) mass is 418 g/mol. The molecular weight excluding hydrogens is 396 g/mol. The summed E-state index contributed by atoms with van der Waals surface area (Å²) >= 11 is 0. The maximum atomic E-state index is 12.6. The standard InChI is InChI=1S/C20H22N2O6S/c1-15(19(23)21-17-5-3-2-4-6-17)28-20(24)16-7-9-18(10-8-16)29(25,26)22-11-13-27-14-12-22/h2-10,15H,11-14H2,1H3,(H,21,23). The van der Waals surface area contributed by atoms with Crippen molar-refractivity contribution in [2.24, 2.45) is 0 Å². The van der Waals surface area contributed by atoms with Crippen LogP contribution in [-0.2, 0) is 24.3 Å². The minimum Gasteiger partial charge on any atom is -0.449 e. The van der Waals surface area contributed by atoms with Crippen molar-refractivity contribution in [2.45, 2.75) is 17.9 Å². The van der Waals surface area contributed by atoms with Crippen molar-refractivity contribution in [3.63, 3.8) is 0 Å². The van der Waals surface area contributed by atoms with E-state index < -0.39 is 28.0 Å². The number of carbonyl (C=O) groups is 2. The lowest BCUT2D eigenvalue weighted by atomic mass is 10.2. The molecule has 0 aromatic heterocycles. The van der Waals surface area contributed by atoms with Gasteiger partial charge in [-0.15, -0.1) is 0 Å². The van der Waals surface area contributed by atoms with E-state index in [4.69, 9.17) is 9.47 Å². The van der Waals surface area contributed by atoms with Crippen LogP contribution < -0.4 is 5.32 Å². The lowest BCUT2D eigenvalue weighted by molar-refractivity contribution is -0.123. The van der Waals surface area contributed by atoms with Crippen LogP contribution in [0.5, 0.6) is 0 Å². The minimum absolute atomic E-state index is 0.0887. The lowest BCUT2D eigenvalue weighted by Crippen LogP contribution is -2.40. The smallest absolute Gasteiger partial charge is 0.338 e. The van der Waals surface area contributed by atoms with Gasteiger partial charge >= 0.3 is 5.97 Å². The van der Waals surface area contributed by atoms with Gasteiger partial charge in [-0.1, -0.05) is 18.2 Å². The van der Waals surface area contributed by atoms with Gasteiger partial charge in [-0.2, -0.15) is 4.31 Å². The average molecular weight is 418 g/mol. The van der Waals surface area contributed by atoms with Crippen LogP contribution in [0.4, 0.5) is 5.69 Å². The third kappa shape index (κ3) is 5.20. The second-order valence-corrected chi connectivity index (χ2v) is 8.38. The molecule has 1 heterocycles. The number of para-hydroxylation sites is 1. The number of hydrogen-bond donors (Lipinski definition) is 1. The zero-order valence-corrected chi connectivity index (χ0v) is 16.7. The molecule has 2 aromatic rings. The number of carbonyl (C=O) groups excluding carboxylic acids is 2. The quantitative estimate of drug-likeness (QED) is 0.719. The first kappa shape index (κ1) is 21.0. The Bertz CT molecular complexity index is 954.